The summed E-state index contributed by atoms with van der Waals surface area (Å²) in [4.78, 5) is 1.04. The zero-order valence-electron chi connectivity index (χ0n) is 5.84. The smallest absolute Gasteiger partial charge is 0.0412 e. The summed E-state index contributed by atoms with van der Waals surface area (Å²) >= 11 is 12.0. The van der Waals surface area contributed by atoms with E-state index < -0.39 is 0 Å². The Morgan fingerprint density at radius 1 is 1.50 bits per heavy atom. The second-order valence-electron chi connectivity index (χ2n) is 2.36. The molecule has 0 radical (unpaired) electrons. The van der Waals surface area contributed by atoms with Crippen molar-refractivity contribution in [2.75, 3.05) is 0 Å². The molecular formula is C8H4BrIS2. The van der Waals surface area contributed by atoms with Gasteiger partial charge in [0.2, 0.25) is 0 Å². The van der Waals surface area contributed by atoms with Gasteiger partial charge in [-0.15, -0.1) is 24.0 Å². The topological polar surface area (TPSA) is 0 Å². The molecule has 2 rings (SSSR count). The molecule has 1 aromatic heterocycles. The molecule has 0 saturated heterocycles. The van der Waals surface area contributed by atoms with Crippen LogP contribution in [0.2, 0.25) is 0 Å². The SMILES string of the molecule is Sc1cc2sccc2c(Br)c1I. The average Bonchev–Trinajstić information content (AvgIpc) is 2.48. The molecule has 12 heavy (non-hydrogen) atoms. The van der Waals surface area contributed by atoms with Crippen molar-refractivity contribution in [3.05, 3.63) is 25.6 Å². The molecule has 1 heterocycles. The van der Waals surface area contributed by atoms with E-state index in [1.54, 1.807) is 11.3 Å². The van der Waals surface area contributed by atoms with Crippen molar-refractivity contribution in [3.8, 4) is 0 Å². The van der Waals surface area contributed by atoms with Crippen molar-refractivity contribution in [1.29, 1.82) is 0 Å². The van der Waals surface area contributed by atoms with Gasteiger partial charge in [0.1, 0.15) is 0 Å². The molecule has 0 saturated carbocycles. The fourth-order valence-electron chi connectivity index (χ4n) is 1.03. The zero-order chi connectivity index (χ0) is 8.72. The van der Waals surface area contributed by atoms with Crippen LogP contribution in [-0.4, -0.2) is 0 Å². The van der Waals surface area contributed by atoms with E-state index in [2.05, 4.69) is 68.7 Å². The quantitative estimate of drug-likeness (QED) is 0.510. The van der Waals surface area contributed by atoms with Crippen molar-refractivity contribution in [2.24, 2.45) is 0 Å². The maximum Gasteiger partial charge on any atom is 0.0412 e. The van der Waals surface area contributed by atoms with E-state index in [9.17, 15) is 0 Å². The summed E-state index contributed by atoms with van der Waals surface area (Å²) in [6, 6.07) is 4.23. The minimum atomic E-state index is 1.04. The van der Waals surface area contributed by atoms with Gasteiger partial charge in [-0.05, 0) is 56.0 Å². The van der Waals surface area contributed by atoms with E-state index in [4.69, 9.17) is 0 Å². The van der Waals surface area contributed by atoms with Gasteiger partial charge in [0.05, 0.1) is 0 Å². The predicted octanol–water partition coefficient (Wildman–Crippen LogP) is 4.56. The fourth-order valence-corrected chi connectivity index (χ4v) is 3.48. The van der Waals surface area contributed by atoms with E-state index in [1.165, 1.54) is 13.7 Å². The minimum absolute atomic E-state index is 1.04. The van der Waals surface area contributed by atoms with Crippen LogP contribution in [0.15, 0.2) is 26.9 Å². The molecule has 2 aromatic rings. The van der Waals surface area contributed by atoms with Crippen LogP contribution in [0.25, 0.3) is 10.1 Å². The molecule has 0 spiro atoms. The average molecular weight is 371 g/mol. The first-order valence-corrected chi connectivity index (χ1v) is 6.44. The number of thiol groups is 1. The Labute approximate surface area is 102 Å². The van der Waals surface area contributed by atoms with Gasteiger partial charge in [0.25, 0.3) is 0 Å². The first kappa shape index (κ1) is 9.30. The molecule has 0 unspecified atom stereocenters. The van der Waals surface area contributed by atoms with Gasteiger partial charge in [0, 0.05) is 23.0 Å². The molecule has 0 fully saturated rings. The number of rotatable bonds is 0. The molecule has 0 nitrogen and oxygen atoms in total. The number of hydrogen-bond donors (Lipinski definition) is 1. The highest BCUT2D eigenvalue weighted by Crippen LogP contribution is 2.35. The normalized spacial score (nSPS) is 10.9. The summed E-state index contributed by atoms with van der Waals surface area (Å²) in [5.74, 6) is 0. The lowest BCUT2D eigenvalue weighted by Gasteiger charge is -2.01. The standard InChI is InChI=1S/C8H4BrIS2/c9-7-4-1-2-12-6(4)3-5(11)8(7)10/h1-3,11H. The van der Waals surface area contributed by atoms with Gasteiger partial charge in [-0.1, -0.05) is 0 Å². The predicted molar refractivity (Wildman–Crippen MR) is 69.5 cm³/mol. The highest BCUT2D eigenvalue weighted by Gasteiger charge is 2.07. The minimum Gasteiger partial charge on any atom is -0.144 e. The van der Waals surface area contributed by atoms with Crippen molar-refractivity contribution in [3.63, 3.8) is 0 Å². The van der Waals surface area contributed by atoms with Gasteiger partial charge in [0.15, 0.2) is 0 Å². The van der Waals surface area contributed by atoms with Crippen molar-refractivity contribution in [1.82, 2.24) is 0 Å². The lowest BCUT2D eigenvalue weighted by molar-refractivity contribution is 1.44. The van der Waals surface area contributed by atoms with Crippen molar-refractivity contribution >= 4 is 72.6 Å². The number of halogens is 2. The monoisotopic (exact) mass is 370 g/mol. The van der Waals surface area contributed by atoms with Crippen molar-refractivity contribution < 1.29 is 0 Å². The third kappa shape index (κ3) is 1.42. The molecule has 4 heteroatoms. The number of benzene rings is 1. The summed E-state index contributed by atoms with van der Waals surface area (Å²) < 4.78 is 3.63. The molecule has 0 amide bonds. The van der Waals surface area contributed by atoms with Crippen molar-refractivity contribution in [2.45, 2.75) is 4.90 Å². The lowest BCUT2D eigenvalue weighted by atomic mass is 10.3. The molecule has 0 atom stereocenters. The van der Waals surface area contributed by atoms with Crippen LogP contribution in [-0.2, 0) is 0 Å². The Balaban J connectivity index is 2.94. The maximum atomic E-state index is 4.39. The van der Waals surface area contributed by atoms with Crippen LogP contribution < -0.4 is 0 Å². The first-order chi connectivity index (χ1) is 5.70. The van der Waals surface area contributed by atoms with Gasteiger partial charge in [-0.3, -0.25) is 0 Å². The highest BCUT2D eigenvalue weighted by atomic mass is 127. The molecule has 0 bridgehead atoms. The summed E-state index contributed by atoms with van der Waals surface area (Å²) in [5.41, 5.74) is 0. The summed E-state index contributed by atoms with van der Waals surface area (Å²) in [5, 5.41) is 3.38. The molecule has 0 aliphatic rings. The van der Waals surface area contributed by atoms with E-state index in [1.807, 2.05) is 0 Å². The number of fused-ring (bicyclic) bond motifs is 1. The molecule has 0 N–H and O–H groups in total. The second-order valence-corrected chi connectivity index (χ2v) is 5.66. The molecule has 0 aliphatic carbocycles. The Morgan fingerprint density at radius 2 is 2.25 bits per heavy atom. The Morgan fingerprint density at radius 3 is 3.00 bits per heavy atom. The largest absolute Gasteiger partial charge is 0.144 e. The van der Waals surface area contributed by atoms with Crippen LogP contribution in [0.5, 0.6) is 0 Å². The summed E-state index contributed by atoms with van der Waals surface area (Å²) in [6.07, 6.45) is 0. The third-order valence-electron chi connectivity index (χ3n) is 1.62. The molecular weight excluding hydrogens is 367 g/mol. The number of thiophene rings is 1. The van der Waals surface area contributed by atoms with Gasteiger partial charge < -0.3 is 0 Å². The maximum absolute atomic E-state index is 4.39. The van der Waals surface area contributed by atoms with E-state index in [0.29, 0.717) is 0 Å². The van der Waals surface area contributed by atoms with Gasteiger partial charge in [-0.25, -0.2) is 0 Å². The van der Waals surface area contributed by atoms with Gasteiger partial charge >= 0.3 is 0 Å². The van der Waals surface area contributed by atoms with Crippen LogP contribution in [0.1, 0.15) is 0 Å². The fraction of sp³-hybridized carbons (Fsp3) is 0. The van der Waals surface area contributed by atoms with E-state index in [-0.39, 0.29) is 0 Å². The summed E-state index contributed by atoms with van der Waals surface area (Å²) in [7, 11) is 0. The zero-order valence-corrected chi connectivity index (χ0v) is 11.3. The van der Waals surface area contributed by atoms with Crippen LogP contribution in [0, 0.1) is 3.57 Å². The Kier molecular flexibility index (Phi) is 2.69. The second kappa shape index (κ2) is 3.48. The van der Waals surface area contributed by atoms with Crippen LogP contribution >= 0.6 is 62.5 Å². The molecule has 62 valence electrons. The van der Waals surface area contributed by atoms with E-state index >= 15 is 0 Å². The highest BCUT2D eigenvalue weighted by molar-refractivity contribution is 14.1. The molecule has 1 aromatic carbocycles. The molecule has 0 aliphatic heterocycles. The summed E-state index contributed by atoms with van der Waals surface area (Å²) in [6.45, 7) is 0. The Bertz CT molecular complexity index is 436. The van der Waals surface area contributed by atoms with E-state index in [0.717, 1.165) is 9.37 Å². The first-order valence-electron chi connectivity index (χ1n) is 3.24. The van der Waals surface area contributed by atoms with Crippen LogP contribution in [0.3, 0.4) is 0 Å². The number of hydrogen-bond acceptors (Lipinski definition) is 2. The third-order valence-corrected chi connectivity index (χ3v) is 5.95. The Hall–Kier alpha value is 0.740. The van der Waals surface area contributed by atoms with Gasteiger partial charge in [-0.2, -0.15) is 0 Å². The van der Waals surface area contributed by atoms with Crippen LogP contribution in [0.4, 0.5) is 0 Å². The lowest BCUT2D eigenvalue weighted by Crippen LogP contribution is -1.77.